The van der Waals surface area contributed by atoms with Gasteiger partial charge in [0.1, 0.15) is 11.6 Å². The van der Waals surface area contributed by atoms with Crippen molar-refractivity contribution < 1.29 is 13.9 Å². The smallest absolute Gasteiger partial charge is 0.330 e. The number of rotatable bonds is 9. The molecule has 0 radical (unpaired) electrons. The monoisotopic (exact) mass is 440 g/mol. The number of H-pyrrole nitrogens is 1. The number of anilines is 2. The van der Waals surface area contributed by atoms with E-state index in [1.54, 1.807) is 18.2 Å². The molecule has 1 amide bonds. The fourth-order valence-corrected chi connectivity index (χ4v) is 3.38. The minimum atomic E-state index is -0.771. The van der Waals surface area contributed by atoms with E-state index in [1.807, 2.05) is 30.3 Å². The second-order valence-corrected chi connectivity index (χ2v) is 7.19. The molecule has 32 heavy (non-hydrogen) atoms. The number of nitrogen functional groups attached to an aromatic ring is 1. The maximum absolute atomic E-state index is 13.9. The van der Waals surface area contributed by atoms with E-state index in [-0.39, 0.29) is 44.0 Å². The minimum absolute atomic E-state index is 0.0451. The molecule has 2 aromatic carbocycles. The molecule has 1 heterocycles. The average Bonchev–Trinajstić information content (AvgIpc) is 2.78. The van der Waals surface area contributed by atoms with Gasteiger partial charge in [-0.15, -0.1) is 0 Å². The summed E-state index contributed by atoms with van der Waals surface area (Å²) in [6.07, 6.45) is 0.0950. The first kappa shape index (κ1) is 23.0. The van der Waals surface area contributed by atoms with E-state index in [2.05, 4.69) is 4.98 Å². The highest BCUT2D eigenvalue weighted by molar-refractivity contribution is 5.95. The lowest BCUT2D eigenvalue weighted by Crippen LogP contribution is -2.42. The van der Waals surface area contributed by atoms with Crippen molar-refractivity contribution in [2.45, 2.75) is 19.4 Å². The standard InChI is InChI=1S/C23H25FN4O4/c1-32-14-13-27(19(29)12-11-17-9-5-6-10-18(17)24)20-21(25)28(23(31)26-22(20)30)15-16-7-3-2-4-8-16/h2-10H,11-15,25H2,1H3,(H,26,30,31). The van der Waals surface area contributed by atoms with Gasteiger partial charge in [0.2, 0.25) is 5.91 Å². The molecule has 0 aliphatic heterocycles. The SMILES string of the molecule is COCCN(C(=O)CCc1ccccc1F)c1c(N)n(Cc2ccccc2)c(=O)[nH]c1=O. The Morgan fingerprint density at radius 1 is 1.12 bits per heavy atom. The van der Waals surface area contributed by atoms with Crippen molar-refractivity contribution >= 4 is 17.4 Å². The van der Waals surface area contributed by atoms with Gasteiger partial charge in [-0.05, 0) is 23.6 Å². The molecule has 0 spiro atoms. The average molecular weight is 440 g/mol. The van der Waals surface area contributed by atoms with Crippen molar-refractivity contribution in [1.29, 1.82) is 0 Å². The number of hydrogen-bond donors (Lipinski definition) is 2. The number of methoxy groups -OCH3 is 1. The van der Waals surface area contributed by atoms with Crippen molar-refractivity contribution in [2.75, 3.05) is 30.9 Å². The van der Waals surface area contributed by atoms with Crippen molar-refractivity contribution in [3.8, 4) is 0 Å². The Balaban J connectivity index is 1.94. The van der Waals surface area contributed by atoms with Crippen LogP contribution in [0.1, 0.15) is 17.5 Å². The first-order valence-corrected chi connectivity index (χ1v) is 10.1. The summed E-state index contributed by atoms with van der Waals surface area (Å²) in [7, 11) is 1.46. The lowest BCUT2D eigenvalue weighted by atomic mass is 10.1. The van der Waals surface area contributed by atoms with E-state index in [0.717, 1.165) is 5.56 Å². The number of carbonyl (C=O) groups excluding carboxylic acids is 1. The molecule has 0 saturated heterocycles. The Kier molecular flexibility index (Phi) is 7.56. The highest BCUT2D eigenvalue weighted by Crippen LogP contribution is 2.20. The molecule has 8 nitrogen and oxygen atoms in total. The van der Waals surface area contributed by atoms with E-state index in [0.29, 0.717) is 5.56 Å². The Morgan fingerprint density at radius 3 is 2.50 bits per heavy atom. The van der Waals surface area contributed by atoms with Crippen LogP contribution in [-0.2, 0) is 22.5 Å². The Bertz CT molecular complexity index is 1190. The predicted molar refractivity (Wildman–Crippen MR) is 120 cm³/mol. The normalized spacial score (nSPS) is 10.8. The van der Waals surface area contributed by atoms with Gasteiger partial charge in [-0.25, -0.2) is 9.18 Å². The fraction of sp³-hybridized carbons (Fsp3) is 0.261. The van der Waals surface area contributed by atoms with Crippen LogP contribution < -0.4 is 21.9 Å². The molecule has 168 valence electrons. The number of benzene rings is 2. The first-order valence-electron chi connectivity index (χ1n) is 10.1. The Labute approximate surface area is 184 Å². The number of aromatic nitrogens is 2. The van der Waals surface area contributed by atoms with Crippen LogP contribution in [0.5, 0.6) is 0 Å². The van der Waals surface area contributed by atoms with Gasteiger partial charge in [-0.3, -0.25) is 19.1 Å². The molecule has 0 aliphatic rings. The zero-order chi connectivity index (χ0) is 23.1. The molecule has 0 bridgehead atoms. The first-order chi connectivity index (χ1) is 15.4. The summed E-state index contributed by atoms with van der Waals surface area (Å²) < 4.78 is 20.2. The number of nitrogens with one attached hydrogen (secondary N) is 1. The van der Waals surface area contributed by atoms with Crippen LogP contribution in [0.25, 0.3) is 0 Å². The Morgan fingerprint density at radius 2 is 1.81 bits per heavy atom. The summed E-state index contributed by atoms with van der Waals surface area (Å²) in [5, 5.41) is 0. The molecule has 9 heteroatoms. The topological polar surface area (TPSA) is 110 Å². The summed E-state index contributed by atoms with van der Waals surface area (Å²) in [5.41, 5.74) is 5.84. The summed E-state index contributed by atoms with van der Waals surface area (Å²) in [5.74, 6) is -0.970. The molecule has 3 N–H and O–H groups in total. The molecule has 3 rings (SSSR count). The van der Waals surface area contributed by atoms with Crippen molar-refractivity contribution in [2.24, 2.45) is 0 Å². The number of carbonyl (C=O) groups is 1. The number of hydrogen-bond acceptors (Lipinski definition) is 5. The van der Waals surface area contributed by atoms with Gasteiger partial charge in [-0.1, -0.05) is 48.5 Å². The predicted octanol–water partition coefficient (Wildman–Crippen LogP) is 1.92. The third-order valence-corrected chi connectivity index (χ3v) is 5.05. The van der Waals surface area contributed by atoms with Crippen LogP contribution in [0.3, 0.4) is 0 Å². The number of amides is 1. The van der Waals surface area contributed by atoms with E-state index in [4.69, 9.17) is 10.5 Å². The molecule has 0 aliphatic carbocycles. The summed E-state index contributed by atoms with van der Waals surface area (Å²) in [6.45, 7) is 0.308. The van der Waals surface area contributed by atoms with Gasteiger partial charge in [0, 0.05) is 20.1 Å². The van der Waals surface area contributed by atoms with Crippen LogP contribution in [-0.4, -0.2) is 35.7 Å². The van der Waals surface area contributed by atoms with E-state index in [1.165, 1.54) is 22.6 Å². The molecular formula is C23H25FN4O4. The largest absolute Gasteiger partial charge is 0.383 e. The van der Waals surface area contributed by atoms with Gasteiger partial charge >= 0.3 is 5.69 Å². The highest BCUT2D eigenvalue weighted by atomic mass is 19.1. The number of aryl methyl sites for hydroxylation is 1. The second kappa shape index (κ2) is 10.5. The molecule has 0 unspecified atom stereocenters. The van der Waals surface area contributed by atoms with E-state index in [9.17, 15) is 18.8 Å². The molecular weight excluding hydrogens is 415 g/mol. The van der Waals surface area contributed by atoms with Crippen LogP contribution in [0.2, 0.25) is 0 Å². The van der Waals surface area contributed by atoms with Crippen LogP contribution >= 0.6 is 0 Å². The van der Waals surface area contributed by atoms with Crippen molar-refractivity contribution in [3.63, 3.8) is 0 Å². The van der Waals surface area contributed by atoms with Crippen LogP contribution in [0.4, 0.5) is 15.9 Å². The number of halogens is 1. The lowest BCUT2D eigenvalue weighted by molar-refractivity contribution is -0.118. The third-order valence-electron chi connectivity index (χ3n) is 5.05. The second-order valence-electron chi connectivity index (χ2n) is 7.19. The van der Waals surface area contributed by atoms with Crippen molar-refractivity contribution in [1.82, 2.24) is 9.55 Å². The van der Waals surface area contributed by atoms with Gasteiger partial charge in [-0.2, -0.15) is 0 Å². The summed E-state index contributed by atoms with van der Waals surface area (Å²) in [6, 6.07) is 15.3. The van der Waals surface area contributed by atoms with Gasteiger partial charge < -0.3 is 15.4 Å². The molecule has 0 atom stereocenters. The third kappa shape index (κ3) is 5.30. The highest BCUT2D eigenvalue weighted by Gasteiger charge is 2.24. The van der Waals surface area contributed by atoms with Gasteiger partial charge in [0.05, 0.1) is 13.2 Å². The zero-order valence-electron chi connectivity index (χ0n) is 17.7. The van der Waals surface area contributed by atoms with Gasteiger partial charge in [0.25, 0.3) is 5.56 Å². The molecule has 0 fully saturated rings. The maximum Gasteiger partial charge on any atom is 0.330 e. The number of nitrogens with zero attached hydrogens (tertiary/aromatic N) is 2. The molecule has 1 aromatic heterocycles. The Hall–Kier alpha value is -3.72. The quantitative estimate of drug-likeness (QED) is 0.528. The number of aromatic amines is 1. The molecule has 3 aromatic rings. The van der Waals surface area contributed by atoms with Gasteiger partial charge in [0.15, 0.2) is 5.69 Å². The van der Waals surface area contributed by atoms with Crippen molar-refractivity contribution in [3.05, 3.63) is 92.4 Å². The maximum atomic E-state index is 13.9. The number of ether oxygens (including phenoxy) is 1. The number of nitrogens with two attached hydrogens (primary N) is 1. The van der Waals surface area contributed by atoms with Crippen LogP contribution in [0.15, 0.2) is 64.2 Å². The summed E-state index contributed by atoms with van der Waals surface area (Å²) in [4.78, 5) is 41.6. The fourth-order valence-electron chi connectivity index (χ4n) is 3.38. The summed E-state index contributed by atoms with van der Waals surface area (Å²) >= 11 is 0. The molecule has 0 saturated carbocycles. The van der Waals surface area contributed by atoms with E-state index >= 15 is 0 Å². The van der Waals surface area contributed by atoms with Crippen LogP contribution in [0, 0.1) is 5.82 Å². The minimum Gasteiger partial charge on any atom is -0.383 e. The zero-order valence-corrected chi connectivity index (χ0v) is 17.7. The lowest BCUT2D eigenvalue weighted by Gasteiger charge is -2.24. The van der Waals surface area contributed by atoms with E-state index < -0.39 is 23.0 Å².